The van der Waals surface area contributed by atoms with Gasteiger partial charge >= 0.3 is 5.97 Å². The highest BCUT2D eigenvalue weighted by Gasteiger charge is 2.20. The highest BCUT2D eigenvalue weighted by Crippen LogP contribution is 2.11. The second-order valence-corrected chi connectivity index (χ2v) is 9.38. The lowest BCUT2D eigenvalue weighted by atomic mass is 10.1. The Balaban J connectivity index is 1.79. The van der Waals surface area contributed by atoms with Crippen LogP contribution in [0.3, 0.4) is 0 Å². The van der Waals surface area contributed by atoms with Gasteiger partial charge in [0.2, 0.25) is 10.0 Å². The van der Waals surface area contributed by atoms with Crippen LogP contribution in [0, 0.1) is 0 Å². The minimum absolute atomic E-state index is 0.0809. The van der Waals surface area contributed by atoms with E-state index in [2.05, 4.69) is 15.4 Å². The average Bonchev–Trinajstić information content (AvgIpc) is 2.77. The summed E-state index contributed by atoms with van der Waals surface area (Å²) in [7, 11) is -3.91. The normalized spacial score (nSPS) is 12.9. The first-order valence-electron chi connectivity index (χ1n) is 9.89. The second-order valence-electron chi connectivity index (χ2n) is 7.11. The molecule has 1 unspecified atom stereocenters. The fourth-order valence-electron chi connectivity index (χ4n) is 2.86. The van der Waals surface area contributed by atoms with Gasteiger partial charge < -0.3 is 15.7 Å². The molecule has 0 aliphatic rings. The van der Waals surface area contributed by atoms with Crippen LogP contribution >= 0.6 is 0 Å². The SMILES string of the molecule is NS(=O)(=O)c1ccc(C(=O)N[C@@H](CCCCNC(=O)c2ccc(NS(=O)O)cc2)C(=O)O)cc1. The average molecular weight is 513 g/mol. The molecule has 2 atom stereocenters. The standard InChI is InChI=1S/C20H24N4O8S2/c21-34(31,32)16-10-6-14(7-11-16)19(26)23-17(20(27)28)3-1-2-12-22-18(25)13-4-8-15(9-5-13)24-33(29)30/h4-11,17,24H,1-3,12H2,(H,22,25)(H,23,26)(H,27,28)(H,29,30)(H2,21,31,32)/t17-/m0/s1. The first kappa shape index (κ1) is 26.9. The van der Waals surface area contributed by atoms with Crippen LogP contribution in [0.2, 0.25) is 0 Å². The summed E-state index contributed by atoms with van der Waals surface area (Å²) in [6.07, 6.45) is 0.968. The Bertz CT molecular complexity index is 1150. The number of hydrogen-bond donors (Lipinski definition) is 6. The fourth-order valence-corrected chi connectivity index (χ4v) is 3.72. The third-order valence-electron chi connectivity index (χ3n) is 4.61. The number of carboxylic acid groups (broad SMARTS) is 1. The number of primary sulfonamides is 1. The quantitative estimate of drug-likeness (QED) is 0.176. The Labute approximate surface area is 198 Å². The number of nitrogens with two attached hydrogens (primary N) is 1. The predicted molar refractivity (Wildman–Crippen MR) is 124 cm³/mol. The molecule has 34 heavy (non-hydrogen) atoms. The van der Waals surface area contributed by atoms with Crippen molar-refractivity contribution in [3.63, 3.8) is 0 Å². The molecular weight excluding hydrogens is 488 g/mol. The van der Waals surface area contributed by atoms with Crippen molar-refractivity contribution in [1.29, 1.82) is 0 Å². The maximum absolute atomic E-state index is 12.3. The zero-order valence-corrected chi connectivity index (χ0v) is 19.4. The van der Waals surface area contributed by atoms with Crippen LogP contribution in [0.1, 0.15) is 40.0 Å². The Morgan fingerprint density at radius 1 is 0.941 bits per heavy atom. The van der Waals surface area contributed by atoms with E-state index in [-0.39, 0.29) is 29.3 Å². The van der Waals surface area contributed by atoms with E-state index in [1.165, 1.54) is 36.4 Å². The molecular formula is C20H24N4O8S2. The number of benzene rings is 2. The molecule has 2 aromatic rings. The van der Waals surface area contributed by atoms with Crippen molar-refractivity contribution >= 4 is 44.8 Å². The van der Waals surface area contributed by atoms with Crippen LogP contribution in [0.5, 0.6) is 0 Å². The second kappa shape index (κ2) is 12.2. The number of anilines is 1. The zero-order valence-electron chi connectivity index (χ0n) is 17.8. The maximum Gasteiger partial charge on any atom is 0.326 e. The molecule has 184 valence electrons. The van der Waals surface area contributed by atoms with E-state index in [1.807, 2.05) is 0 Å². The molecule has 0 heterocycles. The van der Waals surface area contributed by atoms with Crippen molar-refractivity contribution in [2.75, 3.05) is 11.3 Å². The van der Waals surface area contributed by atoms with Crippen LogP contribution in [-0.4, -0.2) is 52.7 Å². The van der Waals surface area contributed by atoms with Crippen LogP contribution in [-0.2, 0) is 26.1 Å². The smallest absolute Gasteiger partial charge is 0.326 e. The lowest BCUT2D eigenvalue weighted by molar-refractivity contribution is -0.139. The minimum Gasteiger partial charge on any atom is -0.480 e. The minimum atomic E-state index is -3.91. The summed E-state index contributed by atoms with van der Waals surface area (Å²) in [5.41, 5.74) is 0.801. The Morgan fingerprint density at radius 3 is 2.03 bits per heavy atom. The van der Waals surface area contributed by atoms with E-state index in [0.717, 1.165) is 12.1 Å². The van der Waals surface area contributed by atoms with Gasteiger partial charge in [0.15, 0.2) is 0 Å². The van der Waals surface area contributed by atoms with E-state index in [1.54, 1.807) is 0 Å². The lowest BCUT2D eigenvalue weighted by Crippen LogP contribution is -2.40. The molecule has 0 spiro atoms. The Kier molecular flexibility index (Phi) is 9.68. The number of carbonyl (C=O) groups is 3. The number of aliphatic carboxylic acids is 1. The van der Waals surface area contributed by atoms with Crippen molar-refractivity contribution in [2.24, 2.45) is 5.14 Å². The van der Waals surface area contributed by atoms with E-state index in [0.29, 0.717) is 24.1 Å². The van der Waals surface area contributed by atoms with Crippen molar-refractivity contribution in [3.05, 3.63) is 59.7 Å². The monoisotopic (exact) mass is 512 g/mol. The summed E-state index contributed by atoms with van der Waals surface area (Å²) in [5.74, 6) is -2.26. The molecule has 2 amide bonds. The molecule has 0 bridgehead atoms. The molecule has 0 saturated heterocycles. The van der Waals surface area contributed by atoms with Gasteiger partial charge in [0.25, 0.3) is 23.1 Å². The molecule has 0 radical (unpaired) electrons. The molecule has 7 N–H and O–H groups in total. The van der Waals surface area contributed by atoms with Gasteiger partial charge in [-0.2, -0.15) is 0 Å². The van der Waals surface area contributed by atoms with E-state index in [4.69, 9.17) is 9.69 Å². The predicted octanol–water partition coefficient (Wildman–Crippen LogP) is 0.666. The largest absolute Gasteiger partial charge is 0.480 e. The van der Waals surface area contributed by atoms with Gasteiger partial charge in [-0.1, -0.05) is 0 Å². The summed E-state index contributed by atoms with van der Waals surface area (Å²) in [6, 6.07) is 9.52. The molecule has 14 heteroatoms. The molecule has 0 aliphatic heterocycles. The number of hydrogen-bond acceptors (Lipinski definition) is 6. The highest BCUT2D eigenvalue weighted by molar-refractivity contribution is 7.89. The molecule has 2 rings (SSSR count). The van der Waals surface area contributed by atoms with Crippen molar-refractivity contribution in [2.45, 2.75) is 30.2 Å². The Hall–Kier alpha value is -3.33. The molecule has 12 nitrogen and oxygen atoms in total. The number of sulfonamides is 1. The van der Waals surface area contributed by atoms with Crippen LogP contribution in [0.15, 0.2) is 53.4 Å². The number of carbonyl (C=O) groups excluding carboxylic acids is 2. The fraction of sp³-hybridized carbons (Fsp3) is 0.250. The number of carboxylic acids is 1. The first-order chi connectivity index (χ1) is 16.0. The van der Waals surface area contributed by atoms with Crippen LogP contribution in [0.4, 0.5) is 5.69 Å². The lowest BCUT2D eigenvalue weighted by Gasteiger charge is -2.15. The molecule has 0 aliphatic carbocycles. The number of amides is 2. The molecule has 0 saturated carbocycles. The van der Waals surface area contributed by atoms with Crippen molar-refractivity contribution < 1.29 is 36.7 Å². The molecule has 2 aromatic carbocycles. The van der Waals surface area contributed by atoms with E-state index >= 15 is 0 Å². The van der Waals surface area contributed by atoms with Gasteiger partial charge in [0.1, 0.15) is 6.04 Å². The number of rotatable bonds is 12. The highest BCUT2D eigenvalue weighted by atomic mass is 32.2. The van der Waals surface area contributed by atoms with Gasteiger partial charge in [-0.3, -0.25) is 18.9 Å². The first-order valence-corrected chi connectivity index (χ1v) is 12.5. The third kappa shape index (κ3) is 8.55. The van der Waals surface area contributed by atoms with Crippen molar-refractivity contribution in [1.82, 2.24) is 10.6 Å². The summed E-state index contributed by atoms with van der Waals surface area (Å²) in [4.78, 5) is 35.7. The van der Waals surface area contributed by atoms with Crippen molar-refractivity contribution in [3.8, 4) is 0 Å². The van der Waals surface area contributed by atoms with Gasteiger partial charge in [-0.05, 0) is 67.8 Å². The van der Waals surface area contributed by atoms with Crippen LogP contribution in [0.25, 0.3) is 0 Å². The summed E-state index contributed by atoms with van der Waals surface area (Å²) in [6.45, 7) is 0.273. The van der Waals surface area contributed by atoms with Gasteiger partial charge in [0, 0.05) is 23.4 Å². The molecule has 0 aromatic heterocycles. The molecule has 0 fully saturated rings. The summed E-state index contributed by atoms with van der Waals surface area (Å²) >= 11 is -2.21. The van der Waals surface area contributed by atoms with E-state index < -0.39 is 39.2 Å². The van der Waals surface area contributed by atoms with Gasteiger partial charge in [-0.25, -0.2) is 22.6 Å². The topological polar surface area (TPSA) is 205 Å². The zero-order chi connectivity index (χ0) is 25.3. The number of unbranched alkanes of at least 4 members (excludes halogenated alkanes) is 1. The third-order valence-corrected chi connectivity index (χ3v) is 5.95. The number of nitrogens with one attached hydrogen (secondary N) is 3. The van der Waals surface area contributed by atoms with Gasteiger partial charge in [-0.15, -0.1) is 0 Å². The summed E-state index contributed by atoms with van der Waals surface area (Å²) in [5, 5.41) is 19.4. The Morgan fingerprint density at radius 2 is 1.50 bits per heavy atom. The van der Waals surface area contributed by atoms with Crippen LogP contribution < -0.4 is 20.5 Å². The maximum atomic E-state index is 12.3. The van der Waals surface area contributed by atoms with E-state index in [9.17, 15) is 32.1 Å². The summed E-state index contributed by atoms with van der Waals surface area (Å²) < 4.78 is 44.3. The van der Waals surface area contributed by atoms with Gasteiger partial charge in [0.05, 0.1) is 4.90 Å².